The molecule has 126 valence electrons. The zero-order valence-electron chi connectivity index (χ0n) is 14.9. The summed E-state index contributed by atoms with van der Waals surface area (Å²) >= 11 is 0. The first-order valence-corrected chi connectivity index (χ1v) is 9.52. The van der Waals surface area contributed by atoms with Crippen LogP contribution in [0.1, 0.15) is 79.1 Å². The minimum atomic E-state index is -0.544. The van der Waals surface area contributed by atoms with E-state index in [0.29, 0.717) is 5.92 Å². The van der Waals surface area contributed by atoms with Crippen LogP contribution in [0.2, 0.25) is 0 Å². The molecule has 0 aromatic heterocycles. The van der Waals surface area contributed by atoms with Gasteiger partial charge in [0.1, 0.15) is 0 Å². The molecule has 3 aliphatic rings. The molecule has 0 saturated heterocycles. The Labute approximate surface area is 136 Å². The van der Waals surface area contributed by atoms with Gasteiger partial charge in [-0.2, -0.15) is 0 Å². The molecule has 22 heavy (non-hydrogen) atoms. The van der Waals surface area contributed by atoms with Crippen molar-refractivity contribution in [3.05, 3.63) is 0 Å². The summed E-state index contributed by atoms with van der Waals surface area (Å²) in [6.07, 6.45) is 9.77. The summed E-state index contributed by atoms with van der Waals surface area (Å²) in [6, 6.07) is 0. The number of rotatable bonds is 2. The molecule has 0 aromatic rings. The summed E-state index contributed by atoms with van der Waals surface area (Å²) in [7, 11) is 0. The topological polar surface area (TPSA) is 37.3 Å². The van der Waals surface area contributed by atoms with E-state index in [-0.39, 0.29) is 5.41 Å². The molecular formula is C20H34O2. The van der Waals surface area contributed by atoms with Crippen molar-refractivity contribution in [2.45, 2.75) is 79.1 Å². The van der Waals surface area contributed by atoms with E-state index >= 15 is 0 Å². The molecule has 0 radical (unpaired) electrons. The summed E-state index contributed by atoms with van der Waals surface area (Å²) in [5, 5.41) is 9.86. The molecule has 0 spiro atoms. The molecule has 0 amide bonds. The highest BCUT2D eigenvalue weighted by molar-refractivity contribution is 5.75. The fraction of sp³-hybridized carbons (Fsp3) is 0.950. The molecule has 2 heteroatoms. The smallest absolute Gasteiger partial charge is 0.309 e. The maximum absolute atomic E-state index is 12.0. The third-order valence-electron chi connectivity index (χ3n) is 8.10. The Morgan fingerprint density at radius 2 is 1.82 bits per heavy atom. The first-order valence-electron chi connectivity index (χ1n) is 9.52. The van der Waals surface area contributed by atoms with E-state index in [1.807, 2.05) is 6.92 Å². The number of fused-ring (bicyclic) bond motifs is 3. The van der Waals surface area contributed by atoms with Crippen LogP contribution in [-0.4, -0.2) is 11.1 Å². The fourth-order valence-corrected chi connectivity index (χ4v) is 6.73. The largest absolute Gasteiger partial charge is 0.481 e. The standard InChI is InChI=1S/C20H34O2/c1-13(2)14-6-8-16-15(12-14)7-9-17-19(16,3)10-5-11-20(17,4)18(21)22/h13-17H,5-12H2,1-4H3,(H,21,22)/t14?,15?,16?,17-,19-,20-/m1/s1. The number of carboxylic acids is 1. The van der Waals surface area contributed by atoms with E-state index in [0.717, 1.165) is 42.9 Å². The van der Waals surface area contributed by atoms with E-state index in [1.165, 1.54) is 32.1 Å². The van der Waals surface area contributed by atoms with Crippen molar-refractivity contribution in [2.24, 2.45) is 40.4 Å². The van der Waals surface area contributed by atoms with Crippen LogP contribution in [0.5, 0.6) is 0 Å². The van der Waals surface area contributed by atoms with Crippen LogP contribution in [0.15, 0.2) is 0 Å². The summed E-state index contributed by atoms with van der Waals surface area (Å²) in [5.41, 5.74) is -0.205. The van der Waals surface area contributed by atoms with Crippen LogP contribution in [0.3, 0.4) is 0 Å². The molecule has 0 aromatic carbocycles. The maximum Gasteiger partial charge on any atom is 0.309 e. The second kappa shape index (κ2) is 5.53. The number of carboxylic acid groups (broad SMARTS) is 1. The van der Waals surface area contributed by atoms with Gasteiger partial charge in [0, 0.05) is 0 Å². The van der Waals surface area contributed by atoms with Gasteiger partial charge in [0.25, 0.3) is 0 Å². The third-order valence-corrected chi connectivity index (χ3v) is 8.10. The Balaban J connectivity index is 1.86. The van der Waals surface area contributed by atoms with E-state index in [4.69, 9.17) is 0 Å². The Hall–Kier alpha value is -0.530. The van der Waals surface area contributed by atoms with Crippen LogP contribution in [0.25, 0.3) is 0 Å². The predicted molar refractivity (Wildman–Crippen MR) is 89.6 cm³/mol. The second-order valence-electron chi connectivity index (χ2n) is 9.40. The monoisotopic (exact) mass is 306 g/mol. The van der Waals surface area contributed by atoms with Crippen molar-refractivity contribution in [1.29, 1.82) is 0 Å². The molecule has 0 bridgehead atoms. The molecule has 3 unspecified atom stereocenters. The summed E-state index contributed by atoms with van der Waals surface area (Å²) in [5.74, 6) is 3.19. The molecule has 0 aliphatic heterocycles. The lowest BCUT2D eigenvalue weighted by Gasteiger charge is -2.60. The second-order valence-corrected chi connectivity index (χ2v) is 9.40. The zero-order valence-corrected chi connectivity index (χ0v) is 14.9. The van der Waals surface area contributed by atoms with Crippen LogP contribution >= 0.6 is 0 Å². The molecule has 3 aliphatic carbocycles. The minimum Gasteiger partial charge on any atom is -0.481 e. The van der Waals surface area contributed by atoms with Crippen LogP contribution in [-0.2, 0) is 4.79 Å². The summed E-state index contributed by atoms with van der Waals surface area (Å²) in [6.45, 7) is 9.24. The average molecular weight is 306 g/mol. The number of hydrogen-bond donors (Lipinski definition) is 1. The molecule has 6 atom stereocenters. The van der Waals surface area contributed by atoms with E-state index in [1.54, 1.807) is 0 Å². The first kappa shape index (κ1) is 16.3. The average Bonchev–Trinajstić information content (AvgIpc) is 2.46. The van der Waals surface area contributed by atoms with Gasteiger partial charge < -0.3 is 5.11 Å². The minimum absolute atomic E-state index is 0.274. The highest BCUT2D eigenvalue weighted by Gasteiger charge is 2.59. The summed E-state index contributed by atoms with van der Waals surface area (Å²) in [4.78, 5) is 12.0. The van der Waals surface area contributed by atoms with E-state index < -0.39 is 11.4 Å². The molecule has 1 N–H and O–H groups in total. The van der Waals surface area contributed by atoms with Crippen LogP contribution in [0, 0.1) is 40.4 Å². The summed E-state index contributed by atoms with van der Waals surface area (Å²) < 4.78 is 0. The molecular weight excluding hydrogens is 272 g/mol. The Kier molecular flexibility index (Phi) is 4.10. The van der Waals surface area contributed by atoms with Crippen molar-refractivity contribution in [2.75, 3.05) is 0 Å². The number of aliphatic carboxylic acids is 1. The van der Waals surface area contributed by atoms with Crippen molar-refractivity contribution < 1.29 is 9.90 Å². The highest BCUT2D eigenvalue weighted by atomic mass is 16.4. The van der Waals surface area contributed by atoms with Gasteiger partial charge in [-0.3, -0.25) is 4.79 Å². The van der Waals surface area contributed by atoms with Gasteiger partial charge in [0.05, 0.1) is 5.41 Å². The van der Waals surface area contributed by atoms with Crippen molar-refractivity contribution in [3.63, 3.8) is 0 Å². The Morgan fingerprint density at radius 1 is 1.09 bits per heavy atom. The van der Waals surface area contributed by atoms with Crippen molar-refractivity contribution in [1.82, 2.24) is 0 Å². The van der Waals surface area contributed by atoms with Crippen molar-refractivity contribution >= 4 is 5.97 Å². The lowest BCUT2D eigenvalue weighted by molar-refractivity contribution is -0.173. The van der Waals surface area contributed by atoms with Gasteiger partial charge in [-0.25, -0.2) is 0 Å². The van der Waals surface area contributed by atoms with Gasteiger partial charge in [-0.1, -0.05) is 27.2 Å². The van der Waals surface area contributed by atoms with Crippen LogP contribution in [0.4, 0.5) is 0 Å². The molecule has 3 rings (SSSR count). The van der Waals surface area contributed by atoms with Crippen molar-refractivity contribution in [3.8, 4) is 0 Å². The van der Waals surface area contributed by atoms with Gasteiger partial charge >= 0.3 is 5.97 Å². The van der Waals surface area contributed by atoms with E-state index in [9.17, 15) is 9.90 Å². The number of carbonyl (C=O) groups is 1. The Morgan fingerprint density at radius 3 is 2.45 bits per heavy atom. The molecule has 3 saturated carbocycles. The van der Waals surface area contributed by atoms with Gasteiger partial charge in [0.2, 0.25) is 0 Å². The maximum atomic E-state index is 12.0. The predicted octanol–water partition coefficient (Wildman–Crippen LogP) is 5.37. The quantitative estimate of drug-likeness (QED) is 0.745. The zero-order chi connectivity index (χ0) is 16.1. The van der Waals surface area contributed by atoms with Gasteiger partial charge in [-0.15, -0.1) is 0 Å². The van der Waals surface area contributed by atoms with Gasteiger partial charge in [0.15, 0.2) is 0 Å². The SMILES string of the molecule is CC(C)C1CCC2C(CC[C@H]3[C@](C)(C(=O)O)CCC[C@]23C)C1. The van der Waals surface area contributed by atoms with Gasteiger partial charge in [-0.05, 0) is 86.9 Å². The normalized spacial score (nSPS) is 48.6. The fourth-order valence-electron chi connectivity index (χ4n) is 6.73. The number of hydrogen-bond acceptors (Lipinski definition) is 1. The van der Waals surface area contributed by atoms with E-state index in [2.05, 4.69) is 20.8 Å². The van der Waals surface area contributed by atoms with Crippen LogP contribution < -0.4 is 0 Å². The lowest BCUT2D eigenvalue weighted by atomic mass is 9.43. The molecule has 3 fully saturated rings. The molecule has 2 nitrogen and oxygen atoms in total. The molecule has 0 heterocycles. The Bertz CT molecular complexity index is 443. The highest BCUT2D eigenvalue weighted by Crippen LogP contribution is 2.64. The first-order chi connectivity index (χ1) is 10.3. The third kappa shape index (κ3) is 2.32. The lowest BCUT2D eigenvalue weighted by Crippen LogP contribution is -2.56.